The van der Waals surface area contributed by atoms with E-state index in [-0.39, 0.29) is 17.0 Å². The van der Waals surface area contributed by atoms with Crippen LogP contribution in [0.1, 0.15) is 27.2 Å². The molecule has 10 heteroatoms. The Balaban J connectivity index is 1.65. The average Bonchev–Trinajstić information content (AvgIpc) is 3.16. The Morgan fingerprint density at radius 3 is 2.52 bits per heavy atom. The van der Waals surface area contributed by atoms with Crippen molar-refractivity contribution < 1.29 is 22.7 Å². The molecule has 0 unspecified atom stereocenters. The molecule has 0 fully saturated rings. The van der Waals surface area contributed by atoms with Crippen molar-refractivity contribution >= 4 is 38.4 Å². The zero-order valence-corrected chi connectivity index (χ0v) is 18.5. The van der Waals surface area contributed by atoms with Crippen LogP contribution in [0, 0.1) is 13.8 Å². The molecule has 1 aromatic heterocycles. The number of thiazole rings is 1. The van der Waals surface area contributed by atoms with Crippen molar-refractivity contribution in [2.75, 3.05) is 11.9 Å². The van der Waals surface area contributed by atoms with Crippen LogP contribution in [-0.2, 0) is 26.1 Å². The first-order chi connectivity index (χ1) is 14.7. The van der Waals surface area contributed by atoms with Crippen LogP contribution in [0.5, 0.6) is 0 Å². The number of nitrogens with zero attached hydrogens (tertiary/aromatic N) is 1. The van der Waals surface area contributed by atoms with Gasteiger partial charge in [-0.05, 0) is 37.1 Å². The maximum absolute atomic E-state index is 12.7. The van der Waals surface area contributed by atoms with E-state index in [0.717, 1.165) is 11.3 Å². The molecule has 1 heterocycles. The van der Waals surface area contributed by atoms with E-state index in [1.54, 1.807) is 31.4 Å². The predicted molar refractivity (Wildman–Crippen MR) is 117 cm³/mol. The number of aromatic nitrogens is 1. The minimum atomic E-state index is -3.86. The van der Waals surface area contributed by atoms with Crippen LogP contribution in [0.2, 0.25) is 0 Å². The fourth-order valence-corrected chi connectivity index (χ4v) is 4.64. The zero-order valence-electron chi connectivity index (χ0n) is 16.9. The zero-order chi connectivity index (χ0) is 22.4. The fourth-order valence-electron chi connectivity index (χ4n) is 2.65. The predicted octanol–water partition coefficient (Wildman–Crippen LogP) is 3.03. The van der Waals surface area contributed by atoms with Gasteiger partial charge in [-0.3, -0.25) is 10.1 Å². The van der Waals surface area contributed by atoms with E-state index in [9.17, 15) is 18.0 Å². The third-order valence-electron chi connectivity index (χ3n) is 4.22. The van der Waals surface area contributed by atoms with Crippen molar-refractivity contribution in [3.05, 3.63) is 76.3 Å². The van der Waals surface area contributed by atoms with Gasteiger partial charge < -0.3 is 4.74 Å². The fraction of sp³-hybridized carbons (Fsp3) is 0.190. The molecule has 2 aromatic carbocycles. The van der Waals surface area contributed by atoms with E-state index < -0.39 is 28.5 Å². The molecule has 0 bridgehead atoms. The van der Waals surface area contributed by atoms with Gasteiger partial charge in [0.15, 0.2) is 11.7 Å². The highest BCUT2D eigenvalue weighted by Gasteiger charge is 2.20. The molecule has 3 aromatic rings. The van der Waals surface area contributed by atoms with E-state index in [0.29, 0.717) is 10.7 Å². The summed E-state index contributed by atoms with van der Waals surface area (Å²) in [6.07, 6.45) is 0. The highest BCUT2D eigenvalue weighted by Crippen LogP contribution is 2.19. The molecule has 0 aliphatic carbocycles. The Bertz CT molecular complexity index is 1190. The average molecular weight is 460 g/mol. The van der Waals surface area contributed by atoms with Gasteiger partial charge in [-0.15, -0.1) is 11.3 Å². The molecule has 8 nitrogen and oxygen atoms in total. The molecule has 0 aliphatic heterocycles. The molecule has 3 rings (SSSR count). The molecule has 31 heavy (non-hydrogen) atoms. The maximum atomic E-state index is 12.7. The van der Waals surface area contributed by atoms with Gasteiger partial charge >= 0.3 is 5.97 Å². The first kappa shape index (κ1) is 22.6. The summed E-state index contributed by atoms with van der Waals surface area (Å²) < 4.78 is 33.0. The van der Waals surface area contributed by atoms with E-state index in [4.69, 9.17) is 4.74 Å². The van der Waals surface area contributed by atoms with Crippen molar-refractivity contribution in [1.82, 2.24) is 9.71 Å². The van der Waals surface area contributed by atoms with Crippen LogP contribution in [0.25, 0.3) is 0 Å². The molecule has 0 saturated heterocycles. The van der Waals surface area contributed by atoms with Gasteiger partial charge in [-0.2, -0.15) is 0 Å². The first-order valence-corrected chi connectivity index (χ1v) is 11.6. The lowest BCUT2D eigenvalue weighted by Crippen LogP contribution is -2.25. The van der Waals surface area contributed by atoms with Gasteiger partial charge in [0.05, 0.1) is 16.2 Å². The first-order valence-electron chi connectivity index (χ1n) is 9.28. The van der Waals surface area contributed by atoms with Crippen molar-refractivity contribution in [3.63, 3.8) is 0 Å². The Labute approximate surface area is 184 Å². The van der Waals surface area contributed by atoms with Crippen LogP contribution in [0.4, 0.5) is 5.13 Å². The second-order valence-electron chi connectivity index (χ2n) is 6.71. The molecular formula is C21H21N3O5S2. The summed E-state index contributed by atoms with van der Waals surface area (Å²) in [5.74, 6) is -1.34. The van der Waals surface area contributed by atoms with E-state index in [1.807, 2.05) is 18.2 Å². The van der Waals surface area contributed by atoms with Crippen LogP contribution < -0.4 is 10.0 Å². The quantitative estimate of drug-likeness (QED) is 0.501. The van der Waals surface area contributed by atoms with E-state index >= 15 is 0 Å². The third kappa shape index (κ3) is 6.20. The summed E-state index contributed by atoms with van der Waals surface area (Å²) >= 11 is 1.26. The van der Waals surface area contributed by atoms with Gasteiger partial charge in [-0.1, -0.05) is 36.4 Å². The van der Waals surface area contributed by atoms with E-state index in [2.05, 4.69) is 15.0 Å². The topological polar surface area (TPSA) is 114 Å². The second kappa shape index (κ2) is 9.82. The van der Waals surface area contributed by atoms with E-state index in [1.165, 1.54) is 29.5 Å². The van der Waals surface area contributed by atoms with Crippen molar-refractivity contribution in [2.24, 2.45) is 0 Å². The van der Waals surface area contributed by atoms with Gasteiger partial charge in [0.2, 0.25) is 10.0 Å². The Hall–Kier alpha value is -3.08. The summed E-state index contributed by atoms with van der Waals surface area (Å²) in [6, 6.07) is 13.3. The lowest BCUT2D eigenvalue weighted by atomic mass is 10.1. The van der Waals surface area contributed by atoms with Crippen LogP contribution >= 0.6 is 11.3 Å². The molecular weight excluding hydrogens is 438 g/mol. The highest BCUT2D eigenvalue weighted by atomic mass is 32.2. The van der Waals surface area contributed by atoms with Crippen molar-refractivity contribution in [2.45, 2.75) is 25.3 Å². The standard InChI is InChI=1S/C21H21N3O5S2/c1-14-8-9-17(20(26)29-12-19(25)24-21-23-15(2)13-30-21)10-18(14)31(27,28)22-11-16-6-4-3-5-7-16/h3-10,13,22H,11-12H2,1-2H3,(H,23,24,25). The molecule has 0 saturated carbocycles. The normalized spacial score (nSPS) is 11.2. The number of hydrogen-bond acceptors (Lipinski definition) is 7. The Morgan fingerprint density at radius 1 is 1.10 bits per heavy atom. The van der Waals surface area contributed by atoms with Gasteiger partial charge in [0, 0.05) is 11.9 Å². The van der Waals surface area contributed by atoms with Crippen LogP contribution in [0.3, 0.4) is 0 Å². The number of amides is 1. The summed E-state index contributed by atoms with van der Waals surface area (Å²) in [7, 11) is -3.86. The summed E-state index contributed by atoms with van der Waals surface area (Å²) in [5, 5.41) is 4.72. The molecule has 1 amide bonds. The summed E-state index contributed by atoms with van der Waals surface area (Å²) in [6.45, 7) is 3.03. The number of esters is 1. The lowest BCUT2D eigenvalue weighted by molar-refractivity contribution is -0.119. The van der Waals surface area contributed by atoms with Crippen molar-refractivity contribution in [3.8, 4) is 0 Å². The minimum absolute atomic E-state index is 0.0272. The number of sulfonamides is 1. The second-order valence-corrected chi connectivity index (χ2v) is 9.30. The molecule has 0 atom stereocenters. The van der Waals surface area contributed by atoms with Crippen LogP contribution in [0.15, 0.2) is 58.8 Å². The number of nitrogens with one attached hydrogen (secondary N) is 2. The monoisotopic (exact) mass is 459 g/mol. The third-order valence-corrected chi connectivity index (χ3v) is 6.64. The van der Waals surface area contributed by atoms with Crippen molar-refractivity contribution in [1.29, 1.82) is 0 Å². The molecule has 162 valence electrons. The lowest BCUT2D eigenvalue weighted by Gasteiger charge is -2.11. The Morgan fingerprint density at radius 2 is 1.84 bits per heavy atom. The summed E-state index contributed by atoms with van der Waals surface area (Å²) in [4.78, 5) is 28.3. The van der Waals surface area contributed by atoms with Gasteiger partial charge in [-0.25, -0.2) is 22.9 Å². The van der Waals surface area contributed by atoms with Crippen LogP contribution in [-0.4, -0.2) is 31.9 Å². The maximum Gasteiger partial charge on any atom is 0.338 e. The number of ether oxygens (including phenoxy) is 1. The number of carbonyl (C=O) groups is 2. The number of anilines is 1. The Kier molecular flexibility index (Phi) is 7.16. The van der Waals surface area contributed by atoms with Gasteiger partial charge in [0.1, 0.15) is 0 Å². The SMILES string of the molecule is Cc1csc(NC(=O)COC(=O)c2ccc(C)c(S(=O)(=O)NCc3ccccc3)c2)n1. The molecule has 0 aliphatic rings. The minimum Gasteiger partial charge on any atom is -0.452 e. The van der Waals surface area contributed by atoms with Gasteiger partial charge in [0.25, 0.3) is 5.91 Å². The smallest absolute Gasteiger partial charge is 0.338 e. The molecule has 0 radical (unpaired) electrons. The molecule has 2 N–H and O–H groups in total. The number of carbonyl (C=O) groups excluding carboxylic acids is 2. The molecule has 0 spiro atoms. The number of rotatable bonds is 8. The summed E-state index contributed by atoms with van der Waals surface area (Å²) in [5.41, 5.74) is 2.09. The number of benzene rings is 2. The number of hydrogen-bond donors (Lipinski definition) is 2. The number of aryl methyl sites for hydroxylation is 2. The highest BCUT2D eigenvalue weighted by molar-refractivity contribution is 7.89. The largest absolute Gasteiger partial charge is 0.452 e.